The second kappa shape index (κ2) is 2.91. The van der Waals surface area contributed by atoms with Gasteiger partial charge >= 0.3 is 0 Å². The summed E-state index contributed by atoms with van der Waals surface area (Å²) < 4.78 is 0. The van der Waals surface area contributed by atoms with Gasteiger partial charge in [-0.3, -0.25) is 4.79 Å². The summed E-state index contributed by atoms with van der Waals surface area (Å²) in [5.74, 6) is 0.330. The molecule has 0 spiro atoms. The Hall–Kier alpha value is -1.25. The van der Waals surface area contributed by atoms with Crippen LogP contribution in [-0.4, -0.2) is 15.8 Å². The van der Waals surface area contributed by atoms with Crippen molar-refractivity contribution in [2.45, 2.75) is 33.1 Å². The van der Waals surface area contributed by atoms with Gasteiger partial charge in [0.05, 0.1) is 0 Å². The number of Topliss-reactive ketones (excluding diaryl/α,β-unsaturated/α-hetero) is 1. The molecular formula is C10H12N2O. The van der Waals surface area contributed by atoms with Crippen molar-refractivity contribution >= 4 is 5.78 Å². The number of aromatic nitrogens is 2. The Kier molecular flexibility index (Phi) is 1.87. The standard InChI is InChI=1S/C10H12N2O/c1-6-8-4-3-5-9(8)12-10(11-6)7(2)13/h3-5H2,1-2H3. The van der Waals surface area contributed by atoms with Crippen molar-refractivity contribution in [1.29, 1.82) is 0 Å². The van der Waals surface area contributed by atoms with Crippen LogP contribution >= 0.6 is 0 Å². The molecule has 0 aliphatic heterocycles. The van der Waals surface area contributed by atoms with Gasteiger partial charge in [-0.2, -0.15) is 0 Å². The Labute approximate surface area is 77.2 Å². The molecule has 0 bridgehead atoms. The maximum atomic E-state index is 11.1. The number of rotatable bonds is 1. The Balaban J connectivity index is 2.55. The predicted octanol–water partition coefficient (Wildman–Crippen LogP) is 1.48. The molecule has 0 saturated carbocycles. The van der Waals surface area contributed by atoms with E-state index in [-0.39, 0.29) is 5.78 Å². The summed E-state index contributed by atoms with van der Waals surface area (Å²) in [6.07, 6.45) is 3.21. The van der Waals surface area contributed by atoms with Gasteiger partial charge in [0, 0.05) is 18.3 Å². The maximum Gasteiger partial charge on any atom is 0.196 e. The first-order valence-corrected chi connectivity index (χ1v) is 4.56. The van der Waals surface area contributed by atoms with Gasteiger partial charge in [0.2, 0.25) is 0 Å². The molecule has 0 radical (unpaired) electrons. The van der Waals surface area contributed by atoms with Crippen LogP contribution in [-0.2, 0) is 12.8 Å². The molecule has 3 nitrogen and oxygen atoms in total. The molecule has 0 amide bonds. The van der Waals surface area contributed by atoms with E-state index in [1.807, 2.05) is 6.92 Å². The maximum absolute atomic E-state index is 11.1. The van der Waals surface area contributed by atoms with Gasteiger partial charge in [-0.05, 0) is 31.7 Å². The minimum absolute atomic E-state index is 0.0437. The zero-order valence-electron chi connectivity index (χ0n) is 7.92. The van der Waals surface area contributed by atoms with E-state index in [1.165, 1.54) is 12.5 Å². The largest absolute Gasteiger partial charge is 0.291 e. The fraction of sp³-hybridized carbons (Fsp3) is 0.500. The molecule has 1 aliphatic carbocycles. The number of hydrogen-bond acceptors (Lipinski definition) is 3. The molecule has 0 aromatic carbocycles. The normalized spacial score (nSPS) is 14.3. The Bertz CT molecular complexity index is 371. The van der Waals surface area contributed by atoms with Crippen LogP contribution in [0.4, 0.5) is 0 Å². The molecule has 0 N–H and O–H groups in total. The Morgan fingerprint density at radius 1 is 1.31 bits per heavy atom. The third-order valence-electron chi connectivity index (χ3n) is 2.45. The van der Waals surface area contributed by atoms with E-state index in [0.717, 1.165) is 30.7 Å². The second-order valence-corrected chi connectivity index (χ2v) is 3.47. The summed E-state index contributed by atoms with van der Waals surface area (Å²) in [6.45, 7) is 3.47. The second-order valence-electron chi connectivity index (χ2n) is 3.47. The van der Waals surface area contributed by atoms with Crippen LogP contribution < -0.4 is 0 Å². The van der Waals surface area contributed by atoms with Crippen molar-refractivity contribution in [2.24, 2.45) is 0 Å². The number of carbonyl (C=O) groups is 1. The molecule has 0 unspecified atom stereocenters. The average Bonchev–Trinajstić information content (AvgIpc) is 2.51. The van der Waals surface area contributed by atoms with Gasteiger partial charge in [0.1, 0.15) is 0 Å². The first-order valence-electron chi connectivity index (χ1n) is 4.56. The zero-order valence-corrected chi connectivity index (χ0v) is 7.92. The van der Waals surface area contributed by atoms with Crippen molar-refractivity contribution in [3.8, 4) is 0 Å². The van der Waals surface area contributed by atoms with Crippen LogP contribution in [0.15, 0.2) is 0 Å². The molecule has 1 aromatic heterocycles. The Morgan fingerprint density at radius 2 is 2.08 bits per heavy atom. The van der Waals surface area contributed by atoms with Crippen molar-refractivity contribution in [3.05, 3.63) is 22.8 Å². The van der Waals surface area contributed by atoms with Gasteiger partial charge in [-0.25, -0.2) is 9.97 Å². The molecular weight excluding hydrogens is 164 g/mol. The Morgan fingerprint density at radius 3 is 2.77 bits per heavy atom. The SMILES string of the molecule is CC(=O)c1nc(C)c2c(n1)CCC2. The number of ketones is 1. The number of carbonyl (C=O) groups excluding carboxylic acids is 1. The highest BCUT2D eigenvalue weighted by molar-refractivity contribution is 5.90. The van der Waals surface area contributed by atoms with Crippen molar-refractivity contribution in [2.75, 3.05) is 0 Å². The minimum atomic E-state index is -0.0437. The minimum Gasteiger partial charge on any atom is -0.291 e. The molecule has 0 fully saturated rings. The van der Waals surface area contributed by atoms with Gasteiger partial charge < -0.3 is 0 Å². The lowest BCUT2D eigenvalue weighted by molar-refractivity contribution is 0.100. The van der Waals surface area contributed by atoms with E-state index in [1.54, 1.807) is 0 Å². The van der Waals surface area contributed by atoms with Crippen molar-refractivity contribution in [1.82, 2.24) is 9.97 Å². The van der Waals surface area contributed by atoms with Crippen LogP contribution in [0.5, 0.6) is 0 Å². The average molecular weight is 176 g/mol. The van der Waals surface area contributed by atoms with E-state index in [9.17, 15) is 4.79 Å². The van der Waals surface area contributed by atoms with Gasteiger partial charge in [0.15, 0.2) is 11.6 Å². The summed E-state index contributed by atoms with van der Waals surface area (Å²) >= 11 is 0. The van der Waals surface area contributed by atoms with E-state index in [2.05, 4.69) is 9.97 Å². The first-order chi connectivity index (χ1) is 6.18. The number of hydrogen-bond donors (Lipinski definition) is 0. The van der Waals surface area contributed by atoms with Crippen LogP contribution in [0.25, 0.3) is 0 Å². The molecule has 2 rings (SSSR count). The highest BCUT2D eigenvalue weighted by Crippen LogP contribution is 2.22. The van der Waals surface area contributed by atoms with Crippen LogP contribution in [0.1, 0.15) is 40.9 Å². The monoisotopic (exact) mass is 176 g/mol. The lowest BCUT2D eigenvalue weighted by atomic mass is 10.2. The molecule has 1 heterocycles. The van der Waals surface area contributed by atoms with Crippen LogP contribution in [0.3, 0.4) is 0 Å². The van der Waals surface area contributed by atoms with Gasteiger partial charge in [-0.15, -0.1) is 0 Å². The zero-order chi connectivity index (χ0) is 9.42. The molecule has 1 aromatic rings. The number of fused-ring (bicyclic) bond motifs is 1. The summed E-state index contributed by atoms with van der Waals surface area (Å²) in [7, 11) is 0. The highest BCUT2D eigenvalue weighted by atomic mass is 16.1. The van der Waals surface area contributed by atoms with Crippen LogP contribution in [0.2, 0.25) is 0 Å². The first kappa shape index (κ1) is 8.35. The topological polar surface area (TPSA) is 42.9 Å². The summed E-state index contributed by atoms with van der Waals surface area (Å²) in [5, 5.41) is 0. The van der Waals surface area contributed by atoms with Crippen molar-refractivity contribution in [3.63, 3.8) is 0 Å². The lowest BCUT2D eigenvalue weighted by Gasteiger charge is -2.03. The van der Waals surface area contributed by atoms with E-state index >= 15 is 0 Å². The summed E-state index contributed by atoms with van der Waals surface area (Å²) in [6, 6.07) is 0. The van der Waals surface area contributed by atoms with E-state index in [4.69, 9.17) is 0 Å². The van der Waals surface area contributed by atoms with E-state index < -0.39 is 0 Å². The van der Waals surface area contributed by atoms with E-state index in [0.29, 0.717) is 5.82 Å². The molecule has 0 atom stereocenters. The van der Waals surface area contributed by atoms with Crippen LogP contribution in [0, 0.1) is 6.92 Å². The smallest absolute Gasteiger partial charge is 0.196 e. The fourth-order valence-electron chi connectivity index (χ4n) is 1.78. The number of nitrogens with zero attached hydrogens (tertiary/aromatic N) is 2. The molecule has 13 heavy (non-hydrogen) atoms. The van der Waals surface area contributed by atoms with Crippen molar-refractivity contribution < 1.29 is 4.79 Å². The molecule has 0 saturated heterocycles. The fourth-order valence-corrected chi connectivity index (χ4v) is 1.78. The van der Waals surface area contributed by atoms with Gasteiger partial charge in [0.25, 0.3) is 0 Å². The predicted molar refractivity (Wildman–Crippen MR) is 48.8 cm³/mol. The summed E-state index contributed by atoms with van der Waals surface area (Å²) in [4.78, 5) is 19.5. The molecule has 3 heteroatoms. The molecule has 68 valence electrons. The lowest BCUT2D eigenvalue weighted by Crippen LogP contribution is -2.06. The third-order valence-corrected chi connectivity index (χ3v) is 2.45. The quantitative estimate of drug-likeness (QED) is 0.608. The third kappa shape index (κ3) is 1.34. The highest BCUT2D eigenvalue weighted by Gasteiger charge is 2.17. The van der Waals surface area contributed by atoms with Gasteiger partial charge in [-0.1, -0.05) is 0 Å². The number of aryl methyl sites for hydroxylation is 2. The molecule has 1 aliphatic rings. The summed E-state index contributed by atoms with van der Waals surface area (Å²) in [5.41, 5.74) is 3.32.